The van der Waals surface area contributed by atoms with Crippen LogP contribution >= 0.6 is 0 Å². The largest absolute Gasteiger partial charge is 0.411 e. The van der Waals surface area contributed by atoms with Crippen molar-refractivity contribution in [3.05, 3.63) is 0 Å². The van der Waals surface area contributed by atoms with Crippen molar-refractivity contribution in [3.63, 3.8) is 0 Å². The number of halogens is 3. The Hall–Kier alpha value is -1.06. The molecule has 2 rings (SSSR count). The van der Waals surface area contributed by atoms with E-state index in [1.54, 1.807) is 4.90 Å². The highest BCUT2D eigenvalue weighted by atomic mass is 19.4. The summed E-state index contributed by atoms with van der Waals surface area (Å²) in [6, 6.07) is -0.0707. The van der Waals surface area contributed by atoms with Crippen molar-refractivity contribution < 1.29 is 27.4 Å². The minimum absolute atomic E-state index is 0.0707. The van der Waals surface area contributed by atoms with Gasteiger partial charge in [-0.2, -0.15) is 13.2 Å². The number of nitrogens with zero attached hydrogens (tertiary/aromatic N) is 2. The first kappa shape index (κ1) is 19.3. The van der Waals surface area contributed by atoms with E-state index in [4.69, 9.17) is 4.74 Å². The Balaban J connectivity index is 1.51. The van der Waals surface area contributed by atoms with Gasteiger partial charge in [-0.25, -0.2) is 4.79 Å². The summed E-state index contributed by atoms with van der Waals surface area (Å²) in [6.07, 6.45) is -1.54. The van der Waals surface area contributed by atoms with Gasteiger partial charge in [0.15, 0.2) is 0 Å². The molecule has 140 valence electrons. The third kappa shape index (κ3) is 7.23. The van der Waals surface area contributed by atoms with E-state index in [0.29, 0.717) is 32.6 Å². The van der Waals surface area contributed by atoms with Gasteiger partial charge >= 0.3 is 12.2 Å². The molecule has 2 amide bonds. The summed E-state index contributed by atoms with van der Waals surface area (Å²) in [5, 5.41) is 2.90. The molecule has 0 aromatic carbocycles. The average Bonchev–Trinajstić information content (AvgIpc) is 3.05. The molecule has 6 nitrogen and oxygen atoms in total. The van der Waals surface area contributed by atoms with E-state index < -0.39 is 12.8 Å². The first-order valence-corrected chi connectivity index (χ1v) is 8.45. The highest BCUT2D eigenvalue weighted by Gasteiger charge is 2.27. The number of nitrogens with one attached hydrogen (secondary N) is 1. The van der Waals surface area contributed by atoms with E-state index in [1.165, 1.54) is 0 Å². The maximum atomic E-state index is 12.1. The van der Waals surface area contributed by atoms with Crippen molar-refractivity contribution in [3.8, 4) is 0 Å². The lowest BCUT2D eigenvalue weighted by atomic mass is 10.2. The molecule has 1 N–H and O–H groups in total. The van der Waals surface area contributed by atoms with Crippen LogP contribution in [-0.4, -0.2) is 87.2 Å². The highest BCUT2D eigenvalue weighted by Crippen LogP contribution is 2.14. The predicted octanol–water partition coefficient (Wildman–Crippen LogP) is 1.46. The topological polar surface area (TPSA) is 54.0 Å². The minimum atomic E-state index is -4.26. The van der Waals surface area contributed by atoms with Crippen LogP contribution in [0.15, 0.2) is 0 Å². The van der Waals surface area contributed by atoms with Gasteiger partial charge in [-0.05, 0) is 19.3 Å². The van der Waals surface area contributed by atoms with Gasteiger partial charge in [0.1, 0.15) is 6.61 Å². The second kappa shape index (κ2) is 9.43. The summed E-state index contributed by atoms with van der Waals surface area (Å²) in [4.78, 5) is 16.0. The molecule has 0 spiro atoms. The molecule has 0 aromatic rings. The van der Waals surface area contributed by atoms with E-state index in [9.17, 15) is 18.0 Å². The van der Waals surface area contributed by atoms with Crippen LogP contribution in [0.1, 0.15) is 19.3 Å². The number of amides is 2. The van der Waals surface area contributed by atoms with Gasteiger partial charge in [0.25, 0.3) is 0 Å². The van der Waals surface area contributed by atoms with Crippen molar-refractivity contribution in [2.24, 2.45) is 0 Å². The van der Waals surface area contributed by atoms with Crippen molar-refractivity contribution in [1.82, 2.24) is 15.1 Å². The van der Waals surface area contributed by atoms with Crippen LogP contribution in [0.2, 0.25) is 0 Å². The smallest absolute Gasteiger partial charge is 0.376 e. The maximum absolute atomic E-state index is 12.1. The second-order valence-electron chi connectivity index (χ2n) is 6.17. The fourth-order valence-electron chi connectivity index (χ4n) is 2.87. The highest BCUT2D eigenvalue weighted by molar-refractivity contribution is 5.74. The van der Waals surface area contributed by atoms with Crippen molar-refractivity contribution in [2.45, 2.75) is 31.5 Å². The number of rotatable bonds is 7. The molecule has 0 aromatic heterocycles. The Morgan fingerprint density at radius 2 is 2.00 bits per heavy atom. The number of carbonyl (C=O) groups is 1. The molecule has 2 fully saturated rings. The van der Waals surface area contributed by atoms with Gasteiger partial charge in [-0.1, -0.05) is 0 Å². The molecule has 9 heteroatoms. The molecule has 24 heavy (non-hydrogen) atoms. The summed E-state index contributed by atoms with van der Waals surface area (Å²) < 4.78 is 45.9. The molecule has 2 heterocycles. The normalized spacial score (nSPS) is 22.8. The summed E-state index contributed by atoms with van der Waals surface area (Å²) in [6.45, 7) is 3.62. The SMILES string of the molecule is O=C(NCC1CCCO1)N1CCN(CCCOCC(F)(F)F)CC1. The van der Waals surface area contributed by atoms with Gasteiger partial charge in [-0.3, -0.25) is 4.90 Å². The fourth-order valence-corrected chi connectivity index (χ4v) is 2.87. The average molecular weight is 353 g/mol. The first-order chi connectivity index (χ1) is 11.4. The number of piperazine rings is 1. The monoisotopic (exact) mass is 353 g/mol. The molecule has 2 aliphatic rings. The molecule has 0 saturated carbocycles. The standard InChI is InChI=1S/C15H26F3N3O3/c16-15(17,18)12-23-9-2-4-20-5-7-21(8-6-20)14(22)19-11-13-3-1-10-24-13/h13H,1-12H2,(H,19,22). The predicted molar refractivity (Wildman–Crippen MR) is 81.9 cm³/mol. The lowest BCUT2D eigenvalue weighted by molar-refractivity contribution is -0.174. The van der Waals surface area contributed by atoms with Crippen LogP contribution in [0.5, 0.6) is 0 Å². The van der Waals surface area contributed by atoms with Gasteiger partial charge in [0.2, 0.25) is 0 Å². The zero-order chi connectivity index (χ0) is 17.4. The quantitative estimate of drug-likeness (QED) is 0.704. The first-order valence-electron chi connectivity index (χ1n) is 8.45. The molecule has 0 aliphatic carbocycles. The Labute approximate surface area is 140 Å². The Kier molecular flexibility index (Phi) is 7.57. The zero-order valence-electron chi connectivity index (χ0n) is 13.8. The van der Waals surface area contributed by atoms with Crippen LogP contribution < -0.4 is 5.32 Å². The van der Waals surface area contributed by atoms with Crippen molar-refractivity contribution in [1.29, 1.82) is 0 Å². The lowest BCUT2D eigenvalue weighted by Gasteiger charge is -2.34. The Morgan fingerprint density at radius 1 is 1.25 bits per heavy atom. The fraction of sp³-hybridized carbons (Fsp3) is 0.933. The molecule has 1 atom stereocenters. The number of hydrogen-bond donors (Lipinski definition) is 1. The number of ether oxygens (including phenoxy) is 2. The summed E-state index contributed by atoms with van der Waals surface area (Å²) in [7, 11) is 0. The maximum Gasteiger partial charge on any atom is 0.411 e. The van der Waals surface area contributed by atoms with Gasteiger partial charge < -0.3 is 19.7 Å². The van der Waals surface area contributed by atoms with E-state index >= 15 is 0 Å². The lowest BCUT2D eigenvalue weighted by Crippen LogP contribution is -2.52. The van der Waals surface area contributed by atoms with Crippen LogP contribution in [-0.2, 0) is 9.47 Å². The molecular formula is C15H26F3N3O3. The number of alkyl halides is 3. The van der Waals surface area contributed by atoms with E-state index in [2.05, 4.69) is 15.0 Å². The summed E-state index contributed by atoms with van der Waals surface area (Å²) in [5.41, 5.74) is 0. The van der Waals surface area contributed by atoms with Gasteiger partial charge in [0.05, 0.1) is 6.10 Å². The molecular weight excluding hydrogens is 327 g/mol. The second-order valence-corrected chi connectivity index (χ2v) is 6.17. The summed E-state index contributed by atoms with van der Waals surface area (Å²) >= 11 is 0. The molecule has 2 saturated heterocycles. The van der Waals surface area contributed by atoms with E-state index in [1.807, 2.05) is 0 Å². The third-order valence-electron chi connectivity index (χ3n) is 4.19. The molecule has 1 unspecified atom stereocenters. The van der Waals surface area contributed by atoms with Crippen molar-refractivity contribution in [2.75, 3.05) is 59.1 Å². The van der Waals surface area contributed by atoms with Crippen LogP contribution in [0.25, 0.3) is 0 Å². The summed E-state index contributed by atoms with van der Waals surface area (Å²) in [5.74, 6) is 0. The Morgan fingerprint density at radius 3 is 2.62 bits per heavy atom. The van der Waals surface area contributed by atoms with Crippen LogP contribution in [0.4, 0.5) is 18.0 Å². The number of hydrogen-bond acceptors (Lipinski definition) is 4. The van der Waals surface area contributed by atoms with Crippen molar-refractivity contribution >= 4 is 6.03 Å². The van der Waals surface area contributed by atoms with Crippen LogP contribution in [0, 0.1) is 0 Å². The zero-order valence-corrected chi connectivity index (χ0v) is 13.8. The third-order valence-corrected chi connectivity index (χ3v) is 4.19. The van der Waals surface area contributed by atoms with Gasteiger partial charge in [-0.15, -0.1) is 0 Å². The van der Waals surface area contributed by atoms with E-state index in [-0.39, 0.29) is 18.7 Å². The minimum Gasteiger partial charge on any atom is -0.376 e. The molecule has 0 bridgehead atoms. The molecule has 2 aliphatic heterocycles. The number of urea groups is 1. The Bertz CT molecular complexity index is 382. The van der Waals surface area contributed by atoms with E-state index in [0.717, 1.165) is 32.5 Å². The molecule has 0 radical (unpaired) electrons. The number of carbonyl (C=O) groups excluding carboxylic acids is 1. The van der Waals surface area contributed by atoms with Crippen LogP contribution in [0.3, 0.4) is 0 Å². The van der Waals surface area contributed by atoms with Gasteiger partial charge in [0, 0.05) is 52.5 Å².